The molecule has 2 saturated heterocycles. The van der Waals surface area contributed by atoms with Crippen LogP contribution < -0.4 is 0 Å². The highest BCUT2D eigenvalue weighted by Crippen LogP contribution is 2.35. The second kappa shape index (κ2) is 6.41. The number of morpholine rings is 1. The van der Waals surface area contributed by atoms with E-state index in [0.717, 1.165) is 52.0 Å². The van der Waals surface area contributed by atoms with Crippen molar-refractivity contribution < 1.29 is 19.0 Å². The van der Waals surface area contributed by atoms with Crippen LogP contribution in [-0.2, 0) is 19.0 Å². The van der Waals surface area contributed by atoms with E-state index in [-0.39, 0.29) is 18.1 Å². The quantitative estimate of drug-likeness (QED) is 0.777. The minimum atomic E-state index is 0.156. The number of amides is 1. The van der Waals surface area contributed by atoms with Gasteiger partial charge >= 0.3 is 0 Å². The molecule has 3 atom stereocenters. The van der Waals surface area contributed by atoms with E-state index >= 15 is 0 Å². The van der Waals surface area contributed by atoms with Gasteiger partial charge < -0.3 is 19.1 Å². The monoisotopic (exact) mass is 283 g/mol. The summed E-state index contributed by atoms with van der Waals surface area (Å²) in [6, 6.07) is 0.263. The average molecular weight is 283 g/mol. The van der Waals surface area contributed by atoms with Crippen molar-refractivity contribution in [2.24, 2.45) is 11.8 Å². The van der Waals surface area contributed by atoms with Crippen LogP contribution >= 0.6 is 0 Å². The van der Waals surface area contributed by atoms with Crippen LogP contribution in [0.1, 0.15) is 25.7 Å². The fraction of sp³-hybridized carbons (Fsp3) is 0.933. The zero-order valence-corrected chi connectivity index (χ0v) is 12.3. The Bertz CT molecular complexity index is 343. The molecule has 1 aliphatic carbocycles. The highest BCUT2D eigenvalue weighted by molar-refractivity contribution is 5.79. The molecule has 3 rings (SSSR count). The van der Waals surface area contributed by atoms with Crippen molar-refractivity contribution in [2.45, 2.75) is 37.8 Å². The van der Waals surface area contributed by atoms with Gasteiger partial charge in [0.2, 0.25) is 5.91 Å². The van der Waals surface area contributed by atoms with Gasteiger partial charge in [-0.05, 0) is 31.6 Å². The molecule has 5 nitrogen and oxygen atoms in total. The van der Waals surface area contributed by atoms with Gasteiger partial charge in [-0.2, -0.15) is 0 Å². The molecule has 2 heterocycles. The summed E-state index contributed by atoms with van der Waals surface area (Å²) in [6.07, 6.45) is 4.00. The first-order valence-corrected chi connectivity index (χ1v) is 7.78. The highest BCUT2D eigenvalue weighted by Gasteiger charge is 2.44. The van der Waals surface area contributed by atoms with E-state index in [9.17, 15) is 4.79 Å². The summed E-state index contributed by atoms with van der Waals surface area (Å²) in [5.41, 5.74) is 0. The SMILES string of the molecule is COC[C@H]1C[C@@H]2[C@@H](C1)OCCN2C(=O)C1CCOCC1. The van der Waals surface area contributed by atoms with Gasteiger partial charge in [-0.3, -0.25) is 4.79 Å². The minimum Gasteiger partial charge on any atom is -0.384 e. The second-order valence-electron chi connectivity index (χ2n) is 6.19. The van der Waals surface area contributed by atoms with E-state index < -0.39 is 0 Å². The third-order valence-electron chi connectivity index (χ3n) is 4.89. The van der Waals surface area contributed by atoms with Gasteiger partial charge in [0.1, 0.15) is 0 Å². The number of carbonyl (C=O) groups excluding carboxylic acids is 1. The summed E-state index contributed by atoms with van der Waals surface area (Å²) in [6.45, 7) is 3.64. The van der Waals surface area contributed by atoms with E-state index in [0.29, 0.717) is 18.4 Å². The third-order valence-corrected chi connectivity index (χ3v) is 4.89. The molecule has 2 aliphatic heterocycles. The predicted molar refractivity (Wildman–Crippen MR) is 73.4 cm³/mol. The molecule has 3 aliphatic rings. The molecule has 0 aromatic rings. The fourth-order valence-corrected chi connectivity index (χ4v) is 3.87. The van der Waals surface area contributed by atoms with E-state index in [2.05, 4.69) is 4.90 Å². The van der Waals surface area contributed by atoms with Crippen LogP contribution in [-0.4, -0.2) is 63.0 Å². The lowest BCUT2D eigenvalue weighted by molar-refractivity contribution is -0.151. The molecule has 0 unspecified atom stereocenters. The fourth-order valence-electron chi connectivity index (χ4n) is 3.87. The molecule has 114 valence electrons. The largest absolute Gasteiger partial charge is 0.384 e. The Kier molecular flexibility index (Phi) is 4.58. The number of nitrogens with zero attached hydrogens (tertiary/aromatic N) is 1. The summed E-state index contributed by atoms with van der Waals surface area (Å²) >= 11 is 0. The molecule has 0 spiro atoms. The van der Waals surface area contributed by atoms with Crippen LogP contribution in [0, 0.1) is 11.8 Å². The Labute approximate surface area is 120 Å². The standard InChI is InChI=1S/C15H25NO4/c1-18-10-11-8-13-14(9-11)20-7-4-16(13)15(17)12-2-5-19-6-3-12/h11-14H,2-10H2,1H3/t11-,13+,14+/m0/s1. The molecule has 3 fully saturated rings. The highest BCUT2D eigenvalue weighted by atomic mass is 16.5. The molecule has 1 saturated carbocycles. The lowest BCUT2D eigenvalue weighted by Crippen LogP contribution is -2.53. The lowest BCUT2D eigenvalue weighted by Gasteiger charge is -2.40. The zero-order valence-electron chi connectivity index (χ0n) is 12.3. The summed E-state index contributed by atoms with van der Waals surface area (Å²) in [5.74, 6) is 1.01. The van der Waals surface area contributed by atoms with Crippen molar-refractivity contribution in [1.29, 1.82) is 0 Å². The molecule has 0 aromatic carbocycles. The van der Waals surface area contributed by atoms with Crippen LogP contribution in [0.3, 0.4) is 0 Å². The molecule has 0 N–H and O–H groups in total. The predicted octanol–water partition coefficient (Wildman–Crippen LogP) is 1.07. The molecular formula is C15H25NO4. The lowest BCUT2D eigenvalue weighted by atomic mass is 9.96. The minimum absolute atomic E-state index is 0.156. The van der Waals surface area contributed by atoms with Crippen LogP contribution in [0.4, 0.5) is 0 Å². The van der Waals surface area contributed by atoms with Gasteiger partial charge in [0, 0.05) is 39.4 Å². The Morgan fingerprint density at radius 3 is 2.80 bits per heavy atom. The van der Waals surface area contributed by atoms with Gasteiger partial charge in [-0.15, -0.1) is 0 Å². The second-order valence-corrected chi connectivity index (χ2v) is 6.19. The number of hydrogen-bond donors (Lipinski definition) is 0. The molecular weight excluding hydrogens is 258 g/mol. The zero-order chi connectivity index (χ0) is 13.9. The van der Waals surface area contributed by atoms with Gasteiger partial charge in [-0.1, -0.05) is 0 Å². The first-order valence-electron chi connectivity index (χ1n) is 7.78. The first kappa shape index (κ1) is 14.3. The van der Waals surface area contributed by atoms with Crippen molar-refractivity contribution in [1.82, 2.24) is 4.90 Å². The van der Waals surface area contributed by atoms with Crippen molar-refractivity contribution in [2.75, 3.05) is 40.1 Å². The maximum atomic E-state index is 12.7. The molecule has 1 amide bonds. The van der Waals surface area contributed by atoms with Crippen molar-refractivity contribution in [3.8, 4) is 0 Å². The number of hydrogen-bond acceptors (Lipinski definition) is 4. The van der Waals surface area contributed by atoms with Crippen LogP contribution in [0.15, 0.2) is 0 Å². The number of ether oxygens (including phenoxy) is 3. The van der Waals surface area contributed by atoms with Crippen LogP contribution in [0.2, 0.25) is 0 Å². The molecule has 0 radical (unpaired) electrons. The van der Waals surface area contributed by atoms with Crippen molar-refractivity contribution in [3.63, 3.8) is 0 Å². The Balaban J connectivity index is 1.64. The molecule has 5 heteroatoms. The van der Waals surface area contributed by atoms with Gasteiger partial charge in [0.05, 0.1) is 18.8 Å². The molecule has 0 aromatic heterocycles. The Morgan fingerprint density at radius 1 is 1.25 bits per heavy atom. The normalized spacial score (nSPS) is 35.0. The summed E-state index contributed by atoms with van der Waals surface area (Å²) < 4.78 is 16.5. The third kappa shape index (κ3) is 2.85. The number of fused-ring (bicyclic) bond motifs is 1. The van der Waals surface area contributed by atoms with E-state index in [1.165, 1.54) is 0 Å². The van der Waals surface area contributed by atoms with Gasteiger partial charge in [0.15, 0.2) is 0 Å². The van der Waals surface area contributed by atoms with Crippen molar-refractivity contribution >= 4 is 5.91 Å². The summed E-state index contributed by atoms with van der Waals surface area (Å²) in [4.78, 5) is 14.8. The van der Waals surface area contributed by atoms with Crippen LogP contribution in [0.5, 0.6) is 0 Å². The topological polar surface area (TPSA) is 48.0 Å². The number of methoxy groups -OCH3 is 1. The van der Waals surface area contributed by atoms with E-state index in [4.69, 9.17) is 14.2 Å². The van der Waals surface area contributed by atoms with Gasteiger partial charge in [0.25, 0.3) is 0 Å². The van der Waals surface area contributed by atoms with E-state index in [1.807, 2.05) is 0 Å². The number of carbonyl (C=O) groups is 1. The molecule has 20 heavy (non-hydrogen) atoms. The number of rotatable bonds is 3. The first-order chi connectivity index (χ1) is 9.79. The maximum Gasteiger partial charge on any atom is 0.226 e. The maximum absolute atomic E-state index is 12.7. The summed E-state index contributed by atoms with van der Waals surface area (Å²) in [7, 11) is 1.74. The van der Waals surface area contributed by atoms with Crippen molar-refractivity contribution in [3.05, 3.63) is 0 Å². The van der Waals surface area contributed by atoms with Gasteiger partial charge in [-0.25, -0.2) is 0 Å². The Hall–Kier alpha value is -0.650. The smallest absolute Gasteiger partial charge is 0.226 e. The Morgan fingerprint density at radius 2 is 2.05 bits per heavy atom. The van der Waals surface area contributed by atoms with Crippen LogP contribution in [0.25, 0.3) is 0 Å². The summed E-state index contributed by atoms with van der Waals surface area (Å²) in [5, 5.41) is 0. The average Bonchev–Trinajstić information content (AvgIpc) is 2.90. The van der Waals surface area contributed by atoms with E-state index in [1.54, 1.807) is 7.11 Å². The molecule has 0 bridgehead atoms.